The van der Waals surface area contributed by atoms with Crippen molar-refractivity contribution >= 4 is 32.8 Å². The van der Waals surface area contributed by atoms with E-state index >= 15 is 0 Å². The van der Waals surface area contributed by atoms with E-state index in [0.29, 0.717) is 24.5 Å². The van der Waals surface area contributed by atoms with E-state index in [0.717, 1.165) is 34.8 Å². The van der Waals surface area contributed by atoms with Gasteiger partial charge in [0, 0.05) is 37.9 Å². The summed E-state index contributed by atoms with van der Waals surface area (Å²) in [4.78, 5) is 25.5. The molecule has 3 heterocycles. The van der Waals surface area contributed by atoms with Gasteiger partial charge in [-0.25, -0.2) is 13.4 Å². The highest BCUT2D eigenvalue weighted by molar-refractivity contribution is 7.91. The third kappa shape index (κ3) is 6.37. The summed E-state index contributed by atoms with van der Waals surface area (Å²) >= 11 is 1.57. The number of benzene rings is 1. The second-order valence-electron chi connectivity index (χ2n) is 8.69. The van der Waals surface area contributed by atoms with Crippen LogP contribution in [-0.4, -0.2) is 59.9 Å². The van der Waals surface area contributed by atoms with Crippen LogP contribution in [0, 0.1) is 6.92 Å². The molecule has 0 unspecified atom stereocenters. The molecule has 2 aromatic heterocycles. The molecule has 1 amide bonds. The van der Waals surface area contributed by atoms with Crippen molar-refractivity contribution in [3.8, 4) is 0 Å². The fraction of sp³-hybridized carbons (Fsp3) is 0.400. The Kier molecular flexibility index (Phi) is 8.02. The maximum Gasteiger partial charge on any atom is 0.263 e. The molecule has 0 N–H and O–H groups in total. The Morgan fingerprint density at radius 2 is 1.94 bits per heavy atom. The van der Waals surface area contributed by atoms with Crippen LogP contribution in [0.15, 0.2) is 64.2 Å². The van der Waals surface area contributed by atoms with Crippen molar-refractivity contribution in [3.63, 3.8) is 0 Å². The highest BCUT2D eigenvalue weighted by atomic mass is 32.2. The van der Waals surface area contributed by atoms with Crippen molar-refractivity contribution in [2.75, 3.05) is 25.4 Å². The number of sulfone groups is 1. The first-order chi connectivity index (χ1) is 16.8. The first kappa shape index (κ1) is 25.1. The summed E-state index contributed by atoms with van der Waals surface area (Å²) in [5.74, 6) is 0.984. The molecule has 0 aliphatic carbocycles. The van der Waals surface area contributed by atoms with E-state index in [9.17, 15) is 13.2 Å². The molecule has 186 valence electrons. The zero-order valence-electron chi connectivity index (χ0n) is 20.0. The van der Waals surface area contributed by atoms with E-state index in [2.05, 4.69) is 10.1 Å². The predicted molar refractivity (Wildman–Crippen MR) is 136 cm³/mol. The molecule has 3 aromatic rings. The summed E-state index contributed by atoms with van der Waals surface area (Å²) in [7, 11) is -3.38. The van der Waals surface area contributed by atoms with E-state index in [4.69, 9.17) is 4.84 Å². The van der Waals surface area contributed by atoms with Gasteiger partial charge in [-0.2, -0.15) is 0 Å². The molecule has 0 spiro atoms. The molecule has 1 saturated heterocycles. The SMILES string of the molecule is CC(=NOCC(=O)N1CCC(c2nccn2CCS(=O)(=O)c2ccc(C)cc2)CC1)c1cccs1. The number of rotatable bonds is 9. The summed E-state index contributed by atoms with van der Waals surface area (Å²) in [5.41, 5.74) is 1.78. The van der Waals surface area contributed by atoms with Crippen LogP contribution < -0.4 is 0 Å². The minimum atomic E-state index is -3.38. The van der Waals surface area contributed by atoms with Crippen LogP contribution in [0.3, 0.4) is 0 Å². The smallest absolute Gasteiger partial charge is 0.263 e. The van der Waals surface area contributed by atoms with Gasteiger partial charge in [-0.1, -0.05) is 28.9 Å². The standard InChI is InChI=1S/C25H30N4O4S2/c1-19-5-7-22(8-6-19)35(31,32)17-15-29-14-11-26-25(29)21-9-12-28(13-10-21)24(30)18-33-27-20(2)23-4-3-16-34-23/h3-8,11,14,16,21H,9-10,12-13,15,17-18H2,1-2H3. The van der Waals surface area contributed by atoms with Crippen molar-refractivity contribution in [1.29, 1.82) is 0 Å². The van der Waals surface area contributed by atoms with Crippen molar-refractivity contribution in [1.82, 2.24) is 14.5 Å². The fourth-order valence-electron chi connectivity index (χ4n) is 4.14. The number of piperidine rings is 1. The van der Waals surface area contributed by atoms with Gasteiger partial charge in [-0.15, -0.1) is 11.3 Å². The lowest BCUT2D eigenvalue weighted by molar-refractivity contribution is -0.137. The molecule has 0 saturated carbocycles. The topological polar surface area (TPSA) is 93.9 Å². The summed E-state index contributed by atoms with van der Waals surface area (Å²) < 4.78 is 27.4. The minimum absolute atomic E-state index is 0.0134. The monoisotopic (exact) mass is 514 g/mol. The Balaban J connectivity index is 1.28. The number of likely N-dealkylation sites (tertiary alicyclic amines) is 1. The van der Waals surface area contributed by atoms with Crippen molar-refractivity contribution < 1.29 is 18.0 Å². The molecule has 10 heteroatoms. The van der Waals surface area contributed by atoms with Gasteiger partial charge in [0.1, 0.15) is 5.82 Å². The van der Waals surface area contributed by atoms with Gasteiger partial charge in [0.15, 0.2) is 16.4 Å². The Morgan fingerprint density at radius 1 is 1.20 bits per heavy atom. The molecule has 0 atom stereocenters. The van der Waals surface area contributed by atoms with Gasteiger partial charge >= 0.3 is 0 Å². The van der Waals surface area contributed by atoms with Crippen LogP contribution in [0.2, 0.25) is 0 Å². The number of aryl methyl sites for hydroxylation is 2. The molecule has 35 heavy (non-hydrogen) atoms. The van der Waals surface area contributed by atoms with Gasteiger partial charge in [0.25, 0.3) is 5.91 Å². The fourth-order valence-corrected chi connectivity index (χ4v) is 6.04. The highest BCUT2D eigenvalue weighted by Gasteiger charge is 2.27. The van der Waals surface area contributed by atoms with Crippen molar-refractivity contribution in [2.24, 2.45) is 5.16 Å². The van der Waals surface area contributed by atoms with E-state index in [1.165, 1.54) is 0 Å². The average molecular weight is 515 g/mol. The molecule has 0 bridgehead atoms. The van der Waals surface area contributed by atoms with Gasteiger partial charge in [0.05, 0.1) is 21.2 Å². The maximum absolute atomic E-state index is 12.7. The minimum Gasteiger partial charge on any atom is -0.385 e. The van der Waals surface area contributed by atoms with Crippen LogP contribution in [0.4, 0.5) is 0 Å². The second-order valence-corrected chi connectivity index (χ2v) is 11.8. The van der Waals surface area contributed by atoms with Crippen molar-refractivity contribution in [3.05, 3.63) is 70.4 Å². The summed E-state index contributed by atoms with van der Waals surface area (Å²) in [6.07, 6.45) is 5.09. The Bertz CT molecular complexity index is 1260. The Labute approximate surface area is 210 Å². The molecule has 1 aliphatic heterocycles. The molecular weight excluding hydrogens is 484 g/mol. The second kappa shape index (κ2) is 11.2. The largest absolute Gasteiger partial charge is 0.385 e. The average Bonchev–Trinajstić information content (AvgIpc) is 3.56. The number of nitrogens with zero attached hydrogens (tertiary/aromatic N) is 4. The van der Waals surface area contributed by atoms with Crippen molar-refractivity contribution in [2.45, 2.75) is 44.0 Å². The molecule has 4 rings (SSSR count). The molecule has 1 fully saturated rings. The Morgan fingerprint density at radius 3 is 2.63 bits per heavy atom. The molecule has 1 aromatic carbocycles. The molecule has 1 aliphatic rings. The van der Waals surface area contributed by atoms with Crippen LogP contribution >= 0.6 is 11.3 Å². The normalized spacial score (nSPS) is 15.4. The number of hydrogen-bond acceptors (Lipinski definition) is 7. The third-order valence-corrected chi connectivity index (χ3v) is 8.90. The number of imidazole rings is 1. The van der Waals surface area contributed by atoms with E-state index in [1.54, 1.807) is 34.6 Å². The van der Waals surface area contributed by atoms with E-state index < -0.39 is 9.84 Å². The number of thiophene rings is 1. The number of oxime groups is 1. The number of carbonyl (C=O) groups is 1. The lowest BCUT2D eigenvalue weighted by Crippen LogP contribution is -2.40. The zero-order valence-corrected chi connectivity index (χ0v) is 21.6. The number of hydrogen-bond donors (Lipinski definition) is 0. The summed E-state index contributed by atoms with van der Waals surface area (Å²) in [6.45, 7) is 5.26. The maximum atomic E-state index is 12.7. The van der Waals surface area contributed by atoms with Gasteiger partial charge < -0.3 is 14.3 Å². The first-order valence-corrected chi connectivity index (χ1v) is 14.2. The highest BCUT2D eigenvalue weighted by Crippen LogP contribution is 2.27. The first-order valence-electron chi connectivity index (χ1n) is 11.6. The number of aromatic nitrogens is 2. The van der Waals surface area contributed by atoms with Crippen LogP contribution in [-0.2, 0) is 26.0 Å². The number of amides is 1. The lowest BCUT2D eigenvalue weighted by atomic mass is 9.96. The zero-order chi connectivity index (χ0) is 24.8. The van der Waals surface area contributed by atoms with Gasteiger partial charge in [-0.05, 0) is 50.3 Å². The summed E-state index contributed by atoms with van der Waals surface area (Å²) in [5, 5.41) is 6.02. The van der Waals surface area contributed by atoms with Crippen LogP contribution in [0.5, 0.6) is 0 Å². The van der Waals surface area contributed by atoms with E-state index in [-0.39, 0.29) is 24.2 Å². The molecule has 0 radical (unpaired) electrons. The molecular formula is C25H30N4O4S2. The summed E-state index contributed by atoms with van der Waals surface area (Å²) in [6, 6.07) is 10.8. The third-order valence-electron chi connectivity index (χ3n) is 6.21. The van der Waals surface area contributed by atoms with Gasteiger partial charge in [-0.3, -0.25) is 4.79 Å². The quantitative estimate of drug-likeness (QED) is 0.319. The van der Waals surface area contributed by atoms with Gasteiger partial charge in [0.2, 0.25) is 0 Å². The van der Waals surface area contributed by atoms with E-state index in [1.807, 2.05) is 54.3 Å². The Hall–Kier alpha value is -2.98. The predicted octanol–water partition coefficient (Wildman–Crippen LogP) is 3.87. The number of carbonyl (C=O) groups excluding carboxylic acids is 1. The van der Waals surface area contributed by atoms with Crippen LogP contribution in [0.25, 0.3) is 0 Å². The lowest BCUT2D eigenvalue weighted by Gasteiger charge is -2.31. The van der Waals surface area contributed by atoms with Crippen LogP contribution in [0.1, 0.15) is 41.9 Å². The molecule has 8 nitrogen and oxygen atoms in total.